The summed E-state index contributed by atoms with van der Waals surface area (Å²) in [7, 11) is 0. The summed E-state index contributed by atoms with van der Waals surface area (Å²) in [5, 5.41) is 33.6. The van der Waals surface area contributed by atoms with E-state index in [1.165, 1.54) is 0 Å². The molecular formula is C10H24O4. The van der Waals surface area contributed by atoms with Crippen LogP contribution in [0.15, 0.2) is 0 Å². The third-order valence-electron chi connectivity index (χ3n) is 1.94. The van der Waals surface area contributed by atoms with Gasteiger partial charge in [-0.25, -0.2) is 0 Å². The summed E-state index contributed by atoms with van der Waals surface area (Å²) >= 11 is 0. The summed E-state index contributed by atoms with van der Waals surface area (Å²) < 4.78 is 0. The molecule has 4 N–H and O–H groups in total. The van der Waals surface area contributed by atoms with Crippen molar-refractivity contribution in [2.75, 3.05) is 19.8 Å². The van der Waals surface area contributed by atoms with Gasteiger partial charge in [0.1, 0.15) is 0 Å². The Morgan fingerprint density at radius 3 is 1.43 bits per heavy atom. The number of hydrogen-bond acceptors (Lipinski definition) is 4. The average Bonchev–Trinajstić information content (AvgIpc) is 2.16. The number of aliphatic hydroxyl groups excluding tert-OH is 4. The van der Waals surface area contributed by atoms with Crippen LogP contribution in [0.2, 0.25) is 0 Å². The van der Waals surface area contributed by atoms with Gasteiger partial charge in [0.15, 0.2) is 0 Å². The predicted octanol–water partition coefficient (Wildman–Crippen LogP) is -0.00720. The van der Waals surface area contributed by atoms with Gasteiger partial charge in [0.25, 0.3) is 0 Å². The molecule has 0 rings (SSSR count). The van der Waals surface area contributed by atoms with Crippen molar-refractivity contribution >= 4 is 0 Å². The van der Waals surface area contributed by atoms with Crippen LogP contribution in [0.25, 0.3) is 0 Å². The van der Waals surface area contributed by atoms with Crippen molar-refractivity contribution in [2.45, 2.75) is 33.8 Å². The van der Waals surface area contributed by atoms with E-state index >= 15 is 0 Å². The van der Waals surface area contributed by atoms with Crippen LogP contribution >= 0.6 is 0 Å². The molecule has 0 bridgehead atoms. The Bertz CT molecular complexity index is 121. The molecule has 0 saturated heterocycles. The smallest absolute Gasteiger partial charge is 0.0662 e. The van der Waals surface area contributed by atoms with E-state index in [0.29, 0.717) is 0 Å². The maximum Gasteiger partial charge on any atom is 0.0662 e. The average molecular weight is 208 g/mol. The fourth-order valence-corrected chi connectivity index (χ4v) is 0.996. The standard InChI is InChI=1S/C8H18O2.C2H6O2/c1-6(2)7(10)8(3,4)5-9;3-1-2-4/h6-7,9-10H,5H2,1-4H3;3-4H,1-2H2. The Morgan fingerprint density at radius 2 is 1.36 bits per heavy atom. The highest BCUT2D eigenvalue weighted by atomic mass is 16.3. The largest absolute Gasteiger partial charge is 0.396 e. The quantitative estimate of drug-likeness (QED) is 0.524. The molecule has 14 heavy (non-hydrogen) atoms. The second-order valence-electron chi connectivity index (χ2n) is 4.28. The van der Waals surface area contributed by atoms with Crippen molar-refractivity contribution in [3.63, 3.8) is 0 Å². The van der Waals surface area contributed by atoms with E-state index in [9.17, 15) is 5.11 Å². The molecule has 0 aliphatic heterocycles. The molecule has 88 valence electrons. The van der Waals surface area contributed by atoms with Crippen molar-refractivity contribution in [2.24, 2.45) is 11.3 Å². The predicted molar refractivity (Wildman–Crippen MR) is 55.9 cm³/mol. The number of rotatable bonds is 4. The van der Waals surface area contributed by atoms with E-state index in [4.69, 9.17) is 15.3 Å². The SMILES string of the molecule is CC(C)C(O)C(C)(C)CO.OCCO. The highest BCUT2D eigenvalue weighted by molar-refractivity contribution is 4.78. The molecule has 0 aliphatic rings. The topological polar surface area (TPSA) is 80.9 Å². The maximum absolute atomic E-state index is 9.49. The fourth-order valence-electron chi connectivity index (χ4n) is 0.996. The van der Waals surface area contributed by atoms with Gasteiger partial charge < -0.3 is 20.4 Å². The summed E-state index contributed by atoms with van der Waals surface area (Å²) in [6.45, 7) is 7.39. The van der Waals surface area contributed by atoms with Crippen LogP contribution in [0.4, 0.5) is 0 Å². The summed E-state index contributed by atoms with van der Waals surface area (Å²) in [4.78, 5) is 0. The van der Waals surface area contributed by atoms with Crippen LogP contribution in [0.1, 0.15) is 27.7 Å². The van der Waals surface area contributed by atoms with Gasteiger partial charge in [-0.2, -0.15) is 0 Å². The molecule has 0 amide bonds. The zero-order valence-electron chi connectivity index (χ0n) is 9.56. The molecule has 0 saturated carbocycles. The zero-order chi connectivity index (χ0) is 11.8. The molecule has 0 aromatic rings. The van der Waals surface area contributed by atoms with E-state index in [1.54, 1.807) is 0 Å². The minimum absolute atomic E-state index is 0.0341. The normalized spacial score (nSPS) is 13.5. The van der Waals surface area contributed by atoms with E-state index in [0.717, 1.165) is 0 Å². The van der Waals surface area contributed by atoms with Gasteiger partial charge in [-0.05, 0) is 5.92 Å². The van der Waals surface area contributed by atoms with Crippen molar-refractivity contribution in [3.8, 4) is 0 Å². The van der Waals surface area contributed by atoms with Crippen molar-refractivity contribution in [3.05, 3.63) is 0 Å². The summed E-state index contributed by atoms with van der Waals surface area (Å²) in [6, 6.07) is 0. The van der Waals surface area contributed by atoms with Crippen LogP contribution in [-0.4, -0.2) is 46.4 Å². The van der Waals surface area contributed by atoms with Crippen LogP contribution < -0.4 is 0 Å². The Hall–Kier alpha value is -0.160. The Morgan fingerprint density at radius 1 is 1.00 bits per heavy atom. The molecule has 0 fully saturated rings. The molecule has 0 aromatic heterocycles. The van der Waals surface area contributed by atoms with Gasteiger partial charge in [-0.3, -0.25) is 0 Å². The summed E-state index contributed by atoms with van der Waals surface area (Å²) in [5.41, 5.74) is -0.367. The third-order valence-corrected chi connectivity index (χ3v) is 1.94. The Labute approximate surface area is 86.2 Å². The second-order valence-corrected chi connectivity index (χ2v) is 4.28. The van der Waals surface area contributed by atoms with Crippen LogP contribution in [0, 0.1) is 11.3 Å². The molecule has 0 aliphatic carbocycles. The first-order chi connectivity index (χ1) is 6.33. The van der Waals surface area contributed by atoms with E-state index in [1.807, 2.05) is 27.7 Å². The second kappa shape index (κ2) is 8.17. The van der Waals surface area contributed by atoms with Gasteiger partial charge in [0.2, 0.25) is 0 Å². The van der Waals surface area contributed by atoms with Crippen LogP contribution in [0.5, 0.6) is 0 Å². The van der Waals surface area contributed by atoms with Crippen molar-refractivity contribution < 1.29 is 20.4 Å². The third kappa shape index (κ3) is 7.26. The summed E-state index contributed by atoms with van der Waals surface area (Å²) in [6.07, 6.45) is -0.419. The lowest BCUT2D eigenvalue weighted by atomic mass is 9.82. The van der Waals surface area contributed by atoms with Crippen LogP contribution in [-0.2, 0) is 0 Å². The molecule has 4 nitrogen and oxygen atoms in total. The highest BCUT2D eigenvalue weighted by Gasteiger charge is 2.28. The lowest BCUT2D eigenvalue weighted by Gasteiger charge is -2.30. The molecule has 0 spiro atoms. The molecule has 1 atom stereocenters. The van der Waals surface area contributed by atoms with Crippen LogP contribution in [0.3, 0.4) is 0 Å². The first-order valence-corrected chi connectivity index (χ1v) is 4.84. The van der Waals surface area contributed by atoms with Crippen molar-refractivity contribution in [1.29, 1.82) is 0 Å². The van der Waals surface area contributed by atoms with E-state index < -0.39 is 6.10 Å². The molecule has 0 heterocycles. The molecule has 4 heteroatoms. The zero-order valence-corrected chi connectivity index (χ0v) is 9.56. The highest BCUT2D eigenvalue weighted by Crippen LogP contribution is 2.24. The molecule has 1 unspecified atom stereocenters. The number of hydrogen-bond donors (Lipinski definition) is 4. The van der Waals surface area contributed by atoms with E-state index in [2.05, 4.69) is 0 Å². The van der Waals surface area contributed by atoms with E-state index in [-0.39, 0.29) is 31.2 Å². The van der Waals surface area contributed by atoms with Gasteiger partial charge in [-0.1, -0.05) is 27.7 Å². The fraction of sp³-hybridized carbons (Fsp3) is 1.00. The monoisotopic (exact) mass is 208 g/mol. The maximum atomic E-state index is 9.49. The first kappa shape index (κ1) is 16.3. The van der Waals surface area contributed by atoms with Gasteiger partial charge >= 0.3 is 0 Å². The number of aliphatic hydroxyl groups is 4. The van der Waals surface area contributed by atoms with Gasteiger partial charge in [0.05, 0.1) is 25.9 Å². The minimum atomic E-state index is -0.419. The van der Waals surface area contributed by atoms with Gasteiger partial charge in [-0.15, -0.1) is 0 Å². The first-order valence-electron chi connectivity index (χ1n) is 4.84. The minimum Gasteiger partial charge on any atom is -0.396 e. The lowest BCUT2D eigenvalue weighted by molar-refractivity contribution is -0.0204. The Kier molecular flexibility index (Phi) is 9.50. The molecule has 0 radical (unpaired) electrons. The van der Waals surface area contributed by atoms with Gasteiger partial charge in [0, 0.05) is 5.41 Å². The molecular weight excluding hydrogens is 184 g/mol. The molecule has 0 aromatic carbocycles. The Balaban J connectivity index is 0. The van der Waals surface area contributed by atoms with Crippen molar-refractivity contribution in [1.82, 2.24) is 0 Å². The lowest BCUT2D eigenvalue weighted by Crippen LogP contribution is -2.36. The summed E-state index contributed by atoms with van der Waals surface area (Å²) in [5.74, 6) is 0.210.